The van der Waals surface area contributed by atoms with Gasteiger partial charge in [0.2, 0.25) is 6.79 Å². The second-order valence-electron chi connectivity index (χ2n) is 5.68. The van der Waals surface area contributed by atoms with Crippen LogP contribution in [0.15, 0.2) is 29.1 Å². The van der Waals surface area contributed by atoms with E-state index >= 15 is 0 Å². The Bertz CT molecular complexity index is 956. The zero-order valence-corrected chi connectivity index (χ0v) is 13.0. The Kier molecular flexibility index (Phi) is 3.11. The van der Waals surface area contributed by atoms with E-state index in [9.17, 15) is 4.79 Å². The maximum atomic E-state index is 12.3. The molecule has 4 rings (SSSR count). The SMILES string of the molecule is CCc1[nH]n2c(=O)cc(Cc3ccc4c(c3)OCO4)nc2c1C. The summed E-state index contributed by atoms with van der Waals surface area (Å²) in [4.78, 5) is 17.0. The van der Waals surface area contributed by atoms with Gasteiger partial charge in [0, 0.05) is 23.7 Å². The number of nitrogens with zero attached hydrogens (tertiary/aromatic N) is 2. The molecule has 0 bridgehead atoms. The minimum Gasteiger partial charge on any atom is -0.454 e. The van der Waals surface area contributed by atoms with Crippen LogP contribution in [0.2, 0.25) is 0 Å². The standard InChI is InChI=1S/C17H17N3O3/c1-3-13-10(2)17-18-12(8-16(21)20(17)19-13)6-11-4-5-14-15(7-11)23-9-22-14/h4-5,7-8,19H,3,6,9H2,1-2H3. The predicted octanol–water partition coefficient (Wildman–Crippen LogP) is 2.21. The van der Waals surface area contributed by atoms with Gasteiger partial charge in [-0.3, -0.25) is 9.89 Å². The van der Waals surface area contributed by atoms with Crippen LogP contribution in [0.5, 0.6) is 11.5 Å². The largest absolute Gasteiger partial charge is 0.454 e. The highest BCUT2D eigenvalue weighted by molar-refractivity contribution is 5.50. The number of aromatic nitrogens is 3. The molecule has 0 atom stereocenters. The van der Waals surface area contributed by atoms with Crippen LogP contribution in [0.1, 0.15) is 29.4 Å². The van der Waals surface area contributed by atoms with Gasteiger partial charge in [0.15, 0.2) is 17.1 Å². The highest BCUT2D eigenvalue weighted by Gasteiger charge is 2.15. The average molecular weight is 311 g/mol. The van der Waals surface area contributed by atoms with E-state index in [0.29, 0.717) is 12.1 Å². The van der Waals surface area contributed by atoms with Crippen molar-refractivity contribution in [1.29, 1.82) is 0 Å². The Labute approximate surface area is 132 Å². The molecule has 6 nitrogen and oxygen atoms in total. The van der Waals surface area contributed by atoms with Crippen molar-refractivity contribution in [1.82, 2.24) is 14.6 Å². The molecule has 3 aromatic rings. The number of aromatic amines is 1. The first-order valence-electron chi connectivity index (χ1n) is 7.64. The number of benzene rings is 1. The first kappa shape index (κ1) is 13.9. The molecule has 0 saturated heterocycles. The lowest BCUT2D eigenvalue weighted by molar-refractivity contribution is 0.174. The van der Waals surface area contributed by atoms with Gasteiger partial charge in [0.25, 0.3) is 5.56 Å². The molecule has 1 aliphatic heterocycles. The number of nitrogens with one attached hydrogen (secondary N) is 1. The maximum absolute atomic E-state index is 12.3. The number of ether oxygens (including phenoxy) is 2. The molecular formula is C17H17N3O3. The number of hydrogen-bond acceptors (Lipinski definition) is 4. The van der Waals surface area contributed by atoms with Crippen LogP contribution in [-0.2, 0) is 12.8 Å². The normalized spacial score (nSPS) is 13.0. The van der Waals surface area contributed by atoms with Crippen molar-refractivity contribution in [2.75, 3.05) is 6.79 Å². The van der Waals surface area contributed by atoms with Crippen LogP contribution in [0.3, 0.4) is 0 Å². The molecule has 118 valence electrons. The summed E-state index contributed by atoms with van der Waals surface area (Å²) >= 11 is 0. The summed E-state index contributed by atoms with van der Waals surface area (Å²) in [5.74, 6) is 1.50. The first-order valence-corrected chi connectivity index (χ1v) is 7.64. The molecule has 2 aromatic heterocycles. The quantitative estimate of drug-likeness (QED) is 0.805. The lowest BCUT2D eigenvalue weighted by Crippen LogP contribution is -2.16. The molecule has 0 aliphatic carbocycles. The van der Waals surface area contributed by atoms with Gasteiger partial charge in [0.1, 0.15) is 0 Å². The summed E-state index contributed by atoms with van der Waals surface area (Å²) < 4.78 is 12.2. The van der Waals surface area contributed by atoms with E-state index in [4.69, 9.17) is 9.47 Å². The fourth-order valence-corrected chi connectivity index (χ4v) is 2.94. The van der Waals surface area contributed by atoms with Gasteiger partial charge < -0.3 is 9.47 Å². The van der Waals surface area contributed by atoms with Gasteiger partial charge in [-0.2, -0.15) is 0 Å². The average Bonchev–Trinajstić information content (AvgIpc) is 3.12. The lowest BCUT2D eigenvalue weighted by atomic mass is 10.1. The molecule has 0 unspecified atom stereocenters. The highest BCUT2D eigenvalue weighted by Crippen LogP contribution is 2.32. The molecule has 0 saturated carbocycles. The first-order chi connectivity index (χ1) is 11.2. The van der Waals surface area contributed by atoms with E-state index in [0.717, 1.165) is 40.4 Å². The van der Waals surface area contributed by atoms with Gasteiger partial charge >= 0.3 is 0 Å². The van der Waals surface area contributed by atoms with Crippen molar-refractivity contribution in [2.45, 2.75) is 26.7 Å². The van der Waals surface area contributed by atoms with Crippen molar-refractivity contribution < 1.29 is 9.47 Å². The monoisotopic (exact) mass is 311 g/mol. The molecule has 0 spiro atoms. The lowest BCUT2D eigenvalue weighted by Gasteiger charge is -2.04. The van der Waals surface area contributed by atoms with Gasteiger partial charge in [-0.25, -0.2) is 9.50 Å². The van der Waals surface area contributed by atoms with Crippen LogP contribution in [-0.4, -0.2) is 21.4 Å². The fourth-order valence-electron chi connectivity index (χ4n) is 2.94. The minimum absolute atomic E-state index is 0.0893. The van der Waals surface area contributed by atoms with Crippen molar-refractivity contribution in [3.63, 3.8) is 0 Å². The van der Waals surface area contributed by atoms with Crippen molar-refractivity contribution in [2.24, 2.45) is 0 Å². The van der Waals surface area contributed by atoms with E-state index in [1.807, 2.05) is 25.1 Å². The summed E-state index contributed by atoms with van der Waals surface area (Å²) in [5.41, 5.74) is 4.46. The molecule has 3 heterocycles. The zero-order valence-electron chi connectivity index (χ0n) is 13.0. The zero-order chi connectivity index (χ0) is 16.0. The summed E-state index contributed by atoms with van der Waals surface area (Å²) in [6, 6.07) is 7.37. The third kappa shape index (κ3) is 2.27. The molecule has 6 heteroatoms. The third-order valence-electron chi connectivity index (χ3n) is 4.18. The Balaban J connectivity index is 1.74. The van der Waals surface area contributed by atoms with Crippen LogP contribution in [0.4, 0.5) is 0 Å². The van der Waals surface area contributed by atoms with E-state index in [2.05, 4.69) is 17.0 Å². The molecule has 0 amide bonds. The Morgan fingerprint density at radius 3 is 2.91 bits per heavy atom. The number of hydrogen-bond donors (Lipinski definition) is 1. The van der Waals surface area contributed by atoms with Gasteiger partial charge in [-0.15, -0.1) is 0 Å². The van der Waals surface area contributed by atoms with E-state index in [-0.39, 0.29) is 12.4 Å². The summed E-state index contributed by atoms with van der Waals surface area (Å²) in [6.07, 6.45) is 1.42. The Hall–Kier alpha value is -2.76. The molecule has 23 heavy (non-hydrogen) atoms. The van der Waals surface area contributed by atoms with Crippen LogP contribution >= 0.6 is 0 Å². The molecule has 0 radical (unpaired) electrons. The summed E-state index contributed by atoms with van der Waals surface area (Å²) in [7, 11) is 0. The van der Waals surface area contributed by atoms with Crippen molar-refractivity contribution in [3.8, 4) is 11.5 Å². The number of aryl methyl sites for hydroxylation is 2. The predicted molar refractivity (Wildman–Crippen MR) is 85.3 cm³/mol. The highest BCUT2D eigenvalue weighted by atomic mass is 16.7. The van der Waals surface area contributed by atoms with Crippen molar-refractivity contribution in [3.05, 3.63) is 57.1 Å². The van der Waals surface area contributed by atoms with E-state index < -0.39 is 0 Å². The third-order valence-corrected chi connectivity index (χ3v) is 4.18. The molecule has 1 aliphatic rings. The Morgan fingerprint density at radius 1 is 1.26 bits per heavy atom. The van der Waals surface area contributed by atoms with Crippen LogP contribution < -0.4 is 15.0 Å². The summed E-state index contributed by atoms with van der Waals surface area (Å²) in [6.45, 7) is 4.30. The minimum atomic E-state index is -0.0893. The van der Waals surface area contributed by atoms with Gasteiger partial charge in [0.05, 0.1) is 5.69 Å². The number of H-pyrrole nitrogens is 1. The van der Waals surface area contributed by atoms with Crippen molar-refractivity contribution >= 4 is 5.65 Å². The molecule has 1 aromatic carbocycles. The molecular weight excluding hydrogens is 294 g/mol. The van der Waals surface area contributed by atoms with E-state index in [1.54, 1.807) is 6.07 Å². The van der Waals surface area contributed by atoms with Gasteiger partial charge in [-0.05, 0) is 31.0 Å². The molecule has 0 fully saturated rings. The summed E-state index contributed by atoms with van der Waals surface area (Å²) in [5, 5.41) is 3.11. The van der Waals surface area contributed by atoms with Crippen LogP contribution in [0.25, 0.3) is 5.65 Å². The second-order valence-corrected chi connectivity index (χ2v) is 5.68. The Morgan fingerprint density at radius 2 is 2.09 bits per heavy atom. The topological polar surface area (TPSA) is 68.6 Å². The molecule has 1 N–H and O–H groups in total. The second kappa shape index (κ2) is 5.15. The number of rotatable bonds is 3. The maximum Gasteiger partial charge on any atom is 0.272 e. The van der Waals surface area contributed by atoms with Crippen LogP contribution in [0, 0.1) is 6.92 Å². The smallest absolute Gasteiger partial charge is 0.272 e. The fraction of sp³-hybridized carbons (Fsp3) is 0.294. The van der Waals surface area contributed by atoms with Gasteiger partial charge in [-0.1, -0.05) is 13.0 Å². The van der Waals surface area contributed by atoms with E-state index in [1.165, 1.54) is 4.52 Å². The number of fused-ring (bicyclic) bond motifs is 2.